The molecule has 2 aromatic rings. The Morgan fingerprint density at radius 2 is 2.05 bits per heavy atom. The van der Waals surface area contributed by atoms with Gasteiger partial charge < -0.3 is 13.8 Å². The van der Waals surface area contributed by atoms with E-state index >= 15 is 0 Å². The van der Waals surface area contributed by atoms with Gasteiger partial charge in [-0.05, 0) is 19.8 Å². The fourth-order valence-electron chi connectivity index (χ4n) is 2.37. The van der Waals surface area contributed by atoms with E-state index in [-0.39, 0.29) is 5.91 Å². The first kappa shape index (κ1) is 15.1. The summed E-state index contributed by atoms with van der Waals surface area (Å²) in [6.07, 6.45) is 4.60. The van der Waals surface area contributed by atoms with Crippen molar-refractivity contribution in [2.24, 2.45) is 0 Å². The average Bonchev–Trinajstić information content (AvgIpc) is 3.06. The van der Waals surface area contributed by atoms with Gasteiger partial charge in [-0.15, -0.1) is 10.2 Å². The van der Waals surface area contributed by atoms with Gasteiger partial charge in [0.2, 0.25) is 5.91 Å². The quantitative estimate of drug-likeness (QED) is 0.799. The van der Waals surface area contributed by atoms with E-state index in [2.05, 4.69) is 15.4 Å². The molecule has 0 radical (unpaired) electrons. The minimum atomic E-state index is 0.129. The van der Waals surface area contributed by atoms with Crippen molar-refractivity contribution in [3.63, 3.8) is 0 Å². The summed E-state index contributed by atoms with van der Waals surface area (Å²) in [5, 5.41) is 12.0. The standard InChI is InChI=1S/C14H18N4O3S/c1-10-8-11(17-21-10)13-15-16-14(20-13)22-9-12(19)18-6-4-2-3-5-7-18/h8H,2-7,9H2,1H3. The zero-order valence-electron chi connectivity index (χ0n) is 12.4. The van der Waals surface area contributed by atoms with Crippen molar-refractivity contribution in [3.05, 3.63) is 11.8 Å². The third-order valence-electron chi connectivity index (χ3n) is 3.53. The van der Waals surface area contributed by atoms with Crippen LogP contribution in [-0.2, 0) is 4.79 Å². The Hall–Kier alpha value is -1.83. The number of carbonyl (C=O) groups is 1. The van der Waals surface area contributed by atoms with E-state index in [0.717, 1.165) is 25.9 Å². The van der Waals surface area contributed by atoms with Crippen molar-refractivity contribution in [3.8, 4) is 11.6 Å². The van der Waals surface area contributed by atoms with Crippen LogP contribution in [0.1, 0.15) is 31.4 Å². The highest BCUT2D eigenvalue weighted by Gasteiger charge is 2.18. The summed E-state index contributed by atoms with van der Waals surface area (Å²) in [5.41, 5.74) is 0.510. The Balaban J connectivity index is 1.55. The highest BCUT2D eigenvalue weighted by molar-refractivity contribution is 7.99. The number of nitrogens with zero attached hydrogens (tertiary/aromatic N) is 4. The van der Waals surface area contributed by atoms with E-state index in [1.807, 2.05) is 4.90 Å². The number of aromatic nitrogens is 3. The molecule has 0 atom stereocenters. The molecule has 1 aliphatic rings. The monoisotopic (exact) mass is 322 g/mol. The number of amides is 1. The van der Waals surface area contributed by atoms with Crippen LogP contribution in [0.4, 0.5) is 0 Å². The van der Waals surface area contributed by atoms with Gasteiger partial charge in [0.25, 0.3) is 11.1 Å². The van der Waals surface area contributed by atoms with Crippen molar-refractivity contribution in [1.82, 2.24) is 20.3 Å². The van der Waals surface area contributed by atoms with Gasteiger partial charge in [-0.2, -0.15) is 0 Å². The van der Waals surface area contributed by atoms with E-state index in [1.165, 1.54) is 24.6 Å². The van der Waals surface area contributed by atoms with Gasteiger partial charge in [0.1, 0.15) is 5.76 Å². The lowest BCUT2D eigenvalue weighted by Crippen LogP contribution is -2.33. The third-order valence-corrected chi connectivity index (χ3v) is 4.33. The molecule has 1 amide bonds. The van der Waals surface area contributed by atoms with Crippen LogP contribution in [0, 0.1) is 6.92 Å². The summed E-state index contributed by atoms with van der Waals surface area (Å²) in [4.78, 5) is 14.1. The number of hydrogen-bond acceptors (Lipinski definition) is 7. The molecule has 0 unspecified atom stereocenters. The van der Waals surface area contributed by atoms with Crippen molar-refractivity contribution >= 4 is 17.7 Å². The molecule has 0 aliphatic carbocycles. The van der Waals surface area contributed by atoms with Gasteiger partial charge in [0.15, 0.2) is 5.69 Å². The second kappa shape index (κ2) is 6.95. The fraction of sp³-hybridized carbons (Fsp3) is 0.571. The van der Waals surface area contributed by atoms with Gasteiger partial charge in [0.05, 0.1) is 5.75 Å². The molecule has 3 rings (SSSR count). The number of likely N-dealkylation sites (tertiary alicyclic amines) is 1. The maximum atomic E-state index is 12.2. The molecule has 0 spiro atoms. The molecule has 0 saturated carbocycles. The van der Waals surface area contributed by atoms with Gasteiger partial charge in [0, 0.05) is 19.2 Å². The van der Waals surface area contributed by atoms with Crippen LogP contribution in [0.3, 0.4) is 0 Å². The van der Waals surface area contributed by atoms with Gasteiger partial charge in [-0.1, -0.05) is 29.8 Å². The largest absolute Gasteiger partial charge is 0.409 e. The van der Waals surface area contributed by atoms with Crippen molar-refractivity contribution < 1.29 is 13.7 Å². The smallest absolute Gasteiger partial charge is 0.277 e. The van der Waals surface area contributed by atoms with Crippen LogP contribution in [0.15, 0.2) is 20.2 Å². The SMILES string of the molecule is Cc1cc(-c2nnc(SCC(=O)N3CCCCCC3)o2)no1. The van der Waals surface area contributed by atoms with Crippen molar-refractivity contribution in [2.75, 3.05) is 18.8 Å². The lowest BCUT2D eigenvalue weighted by molar-refractivity contribution is -0.128. The summed E-state index contributed by atoms with van der Waals surface area (Å²) in [6.45, 7) is 3.50. The zero-order chi connectivity index (χ0) is 15.4. The number of thioether (sulfide) groups is 1. The predicted molar refractivity (Wildman–Crippen MR) is 80.3 cm³/mol. The molecule has 8 heteroatoms. The third kappa shape index (κ3) is 3.68. The van der Waals surface area contributed by atoms with E-state index in [9.17, 15) is 4.79 Å². The van der Waals surface area contributed by atoms with Crippen LogP contribution in [0.25, 0.3) is 11.6 Å². The van der Waals surface area contributed by atoms with Crippen LogP contribution in [0.2, 0.25) is 0 Å². The first-order chi connectivity index (χ1) is 10.7. The topological polar surface area (TPSA) is 85.3 Å². The van der Waals surface area contributed by atoms with E-state index < -0.39 is 0 Å². The Morgan fingerprint density at radius 3 is 2.73 bits per heavy atom. The number of hydrogen-bond donors (Lipinski definition) is 0. The Kier molecular flexibility index (Phi) is 4.77. The van der Waals surface area contributed by atoms with E-state index in [0.29, 0.717) is 28.3 Å². The number of aryl methyl sites for hydroxylation is 1. The highest BCUT2D eigenvalue weighted by Crippen LogP contribution is 2.23. The van der Waals surface area contributed by atoms with Crippen molar-refractivity contribution in [2.45, 2.75) is 37.8 Å². The fourth-order valence-corrected chi connectivity index (χ4v) is 3.04. The lowest BCUT2D eigenvalue weighted by Gasteiger charge is -2.19. The molecule has 2 aromatic heterocycles. The lowest BCUT2D eigenvalue weighted by atomic mass is 10.2. The summed E-state index contributed by atoms with van der Waals surface area (Å²) < 4.78 is 10.5. The Bertz CT molecular complexity index is 632. The summed E-state index contributed by atoms with van der Waals surface area (Å²) >= 11 is 1.26. The first-order valence-electron chi connectivity index (χ1n) is 7.40. The molecule has 22 heavy (non-hydrogen) atoms. The van der Waals surface area contributed by atoms with E-state index in [1.54, 1.807) is 13.0 Å². The average molecular weight is 322 g/mol. The Labute approximate surface area is 132 Å². The molecule has 1 saturated heterocycles. The van der Waals surface area contributed by atoms with E-state index in [4.69, 9.17) is 8.94 Å². The minimum absolute atomic E-state index is 0.129. The molecular weight excluding hydrogens is 304 g/mol. The second-order valence-electron chi connectivity index (χ2n) is 5.28. The van der Waals surface area contributed by atoms with Crippen LogP contribution < -0.4 is 0 Å². The molecule has 3 heterocycles. The Morgan fingerprint density at radius 1 is 1.27 bits per heavy atom. The molecule has 118 valence electrons. The minimum Gasteiger partial charge on any atom is -0.409 e. The molecule has 0 aromatic carbocycles. The maximum Gasteiger partial charge on any atom is 0.277 e. The number of carbonyl (C=O) groups excluding carboxylic acids is 1. The summed E-state index contributed by atoms with van der Waals surface area (Å²) in [5.74, 6) is 1.43. The van der Waals surface area contributed by atoms with Crippen molar-refractivity contribution in [1.29, 1.82) is 0 Å². The second-order valence-corrected chi connectivity index (χ2v) is 6.21. The summed E-state index contributed by atoms with van der Waals surface area (Å²) in [7, 11) is 0. The van der Waals surface area contributed by atoms with Crippen LogP contribution in [0.5, 0.6) is 0 Å². The molecule has 0 bridgehead atoms. The highest BCUT2D eigenvalue weighted by atomic mass is 32.2. The molecule has 0 N–H and O–H groups in total. The van der Waals surface area contributed by atoms with Gasteiger partial charge in [-0.3, -0.25) is 4.79 Å². The first-order valence-corrected chi connectivity index (χ1v) is 8.39. The van der Waals surface area contributed by atoms with Gasteiger partial charge >= 0.3 is 0 Å². The molecule has 1 aliphatic heterocycles. The predicted octanol–water partition coefficient (Wildman–Crippen LogP) is 2.53. The molecule has 7 nitrogen and oxygen atoms in total. The zero-order valence-corrected chi connectivity index (χ0v) is 13.3. The summed E-state index contributed by atoms with van der Waals surface area (Å²) in [6, 6.07) is 1.73. The molecule has 1 fully saturated rings. The molecular formula is C14H18N4O3S. The number of rotatable bonds is 4. The normalized spacial score (nSPS) is 15.8. The van der Waals surface area contributed by atoms with Gasteiger partial charge in [-0.25, -0.2) is 0 Å². The van der Waals surface area contributed by atoms with Crippen LogP contribution in [-0.4, -0.2) is 45.0 Å². The maximum absolute atomic E-state index is 12.2. The van der Waals surface area contributed by atoms with Crippen LogP contribution >= 0.6 is 11.8 Å².